The Hall–Kier alpha value is -2.30. The summed E-state index contributed by atoms with van der Waals surface area (Å²) < 4.78 is 13.1. The summed E-state index contributed by atoms with van der Waals surface area (Å²) in [6.45, 7) is 4.64. The van der Waals surface area contributed by atoms with E-state index in [0.29, 0.717) is 29.4 Å². The molecule has 1 aromatic heterocycles. The Balaban J connectivity index is 2.12. The number of halogens is 1. The fourth-order valence-corrected chi connectivity index (χ4v) is 1.62. The van der Waals surface area contributed by atoms with Crippen LogP contribution >= 0.6 is 0 Å². The highest BCUT2D eigenvalue weighted by atomic mass is 19.1. The monoisotopic (exact) mass is 273 g/mol. The molecule has 0 saturated carbocycles. The lowest BCUT2D eigenvalue weighted by Crippen LogP contribution is -2.27. The molecule has 1 heterocycles. The molecular weight excluding hydrogens is 257 g/mol. The predicted molar refractivity (Wildman–Crippen MR) is 74.6 cm³/mol. The van der Waals surface area contributed by atoms with Crippen molar-refractivity contribution in [3.8, 4) is 11.4 Å². The minimum Gasteiger partial charge on any atom is -0.352 e. The first-order chi connectivity index (χ1) is 9.56. The lowest BCUT2D eigenvalue weighted by atomic mass is 10.2. The number of aromatic nitrogens is 2. The van der Waals surface area contributed by atoms with Gasteiger partial charge in [-0.1, -0.05) is 26.0 Å². The molecule has 0 aliphatic carbocycles. The molecule has 0 unspecified atom stereocenters. The number of hydrogen-bond donors (Lipinski definition) is 1. The molecule has 2 rings (SSSR count). The van der Waals surface area contributed by atoms with Crippen molar-refractivity contribution in [1.29, 1.82) is 0 Å². The van der Waals surface area contributed by atoms with Gasteiger partial charge in [0.25, 0.3) is 5.91 Å². The van der Waals surface area contributed by atoms with Gasteiger partial charge in [0, 0.05) is 24.5 Å². The summed E-state index contributed by atoms with van der Waals surface area (Å²) in [7, 11) is 0. The molecule has 0 saturated heterocycles. The number of amides is 1. The Kier molecular flexibility index (Phi) is 4.40. The van der Waals surface area contributed by atoms with Crippen LogP contribution in [0, 0.1) is 11.7 Å². The van der Waals surface area contributed by atoms with Crippen LogP contribution in [0.4, 0.5) is 4.39 Å². The molecule has 0 bridgehead atoms. The third-order valence-corrected chi connectivity index (χ3v) is 2.67. The van der Waals surface area contributed by atoms with Crippen LogP contribution in [0.15, 0.2) is 36.7 Å². The van der Waals surface area contributed by atoms with E-state index < -0.39 is 0 Å². The molecule has 0 fully saturated rings. The van der Waals surface area contributed by atoms with Crippen molar-refractivity contribution in [2.45, 2.75) is 13.8 Å². The average molecular weight is 273 g/mol. The molecule has 0 radical (unpaired) electrons. The van der Waals surface area contributed by atoms with Crippen LogP contribution < -0.4 is 5.32 Å². The molecule has 4 nitrogen and oxygen atoms in total. The van der Waals surface area contributed by atoms with E-state index in [1.165, 1.54) is 24.5 Å². The van der Waals surface area contributed by atoms with E-state index in [1.54, 1.807) is 12.1 Å². The van der Waals surface area contributed by atoms with Gasteiger partial charge in [-0.05, 0) is 18.1 Å². The van der Waals surface area contributed by atoms with Crippen molar-refractivity contribution in [3.05, 3.63) is 48.0 Å². The summed E-state index contributed by atoms with van der Waals surface area (Å²) in [5, 5.41) is 2.79. The van der Waals surface area contributed by atoms with Crippen LogP contribution in [0.5, 0.6) is 0 Å². The number of carbonyl (C=O) groups excluding carboxylic acids is 1. The minimum atomic E-state index is -0.343. The Morgan fingerprint density at radius 3 is 2.60 bits per heavy atom. The van der Waals surface area contributed by atoms with Crippen molar-refractivity contribution in [3.63, 3.8) is 0 Å². The van der Waals surface area contributed by atoms with Crippen molar-refractivity contribution >= 4 is 5.91 Å². The minimum absolute atomic E-state index is 0.204. The molecule has 1 aromatic carbocycles. The highest BCUT2D eigenvalue weighted by molar-refractivity contribution is 5.93. The molecule has 1 N–H and O–H groups in total. The van der Waals surface area contributed by atoms with Crippen LogP contribution in [0.1, 0.15) is 24.2 Å². The van der Waals surface area contributed by atoms with Gasteiger partial charge in [-0.2, -0.15) is 0 Å². The molecule has 0 spiro atoms. The normalized spacial score (nSPS) is 10.6. The number of benzene rings is 1. The average Bonchev–Trinajstić information content (AvgIpc) is 2.45. The van der Waals surface area contributed by atoms with E-state index in [-0.39, 0.29) is 11.7 Å². The second-order valence-electron chi connectivity index (χ2n) is 4.91. The Morgan fingerprint density at radius 2 is 2.00 bits per heavy atom. The Labute approximate surface area is 117 Å². The maximum absolute atomic E-state index is 13.1. The van der Waals surface area contributed by atoms with E-state index in [0.717, 1.165) is 0 Å². The molecule has 1 amide bonds. The zero-order valence-electron chi connectivity index (χ0n) is 11.4. The quantitative estimate of drug-likeness (QED) is 0.931. The van der Waals surface area contributed by atoms with E-state index in [9.17, 15) is 9.18 Å². The first-order valence-corrected chi connectivity index (χ1v) is 6.42. The van der Waals surface area contributed by atoms with Crippen LogP contribution in [0.25, 0.3) is 11.4 Å². The molecule has 5 heteroatoms. The molecule has 0 aliphatic heterocycles. The summed E-state index contributed by atoms with van der Waals surface area (Å²) >= 11 is 0. The van der Waals surface area contributed by atoms with Gasteiger partial charge >= 0.3 is 0 Å². The van der Waals surface area contributed by atoms with Gasteiger partial charge in [0.1, 0.15) is 5.82 Å². The first kappa shape index (κ1) is 14.1. The van der Waals surface area contributed by atoms with Crippen LogP contribution in [-0.4, -0.2) is 22.4 Å². The first-order valence-electron chi connectivity index (χ1n) is 6.42. The van der Waals surface area contributed by atoms with Crippen LogP contribution in [0.3, 0.4) is 0 Å². The zero-order chi connectivity index (χ0) is 14.5. The molecule has 0 aliphatic rings. The zero-order valence-corrected chi connectivity index (χ0v) is 11.4. The van der Waals surface area contributed by atoms with Gasteiger partial charge in [0.2, 0.25) is 0 Å². The summed E-state index contributed by atoms with van der Waals surface area (Å²) in [5.74, 6) is 0.227. The van der Waals surface area contributed by atoms with Gasteiger partial charge < -0.3 is 5.32 Å². The van der Waals surface area contributed by atoms with E-state index >= 15 is 0 Å². The smallest absolute Gasteiger partial charge is 0.254 e. The highest BCUT2D eigenvalue weighted by Crippen LogP contribution is 2.15. The maximum Gasteiger partial charge on any atom is 0.254 e. The molecule has 0 atom stereocenters. The lowest BCUT2D eigenvalue weighted by molar-refractivity contribution is 0.0948. The van der Waals surface area contributed by atoms with Gasteiger partial charge in [0.15, 0.2) is 5.82 Å². The summed E-state index contributed by atoms with van der Waals surface area (Å²) in [6.07, 6.45) is 2.89. The van der Waals surface area contributed by atoms with Crippen LogP contribution in [-0.2, 0) is 0 Å². The second-order valence-corrected chi connectivity index (χ2v) is 4.91. The number of nitrogens with one attached hydrogen (secondary N) is 1. The van der Waals surface area contributed by atoms with E-state index in [2.05, 4.69) is 15.3 Å². The third kappa shape index (κ3) is 3.60. The summed E-state index contributed by atoms with van der Waals surface area (Å²) in [5.41, 5.74) is 0.977. The van der Waals surface area contributed by atoms with Crippen molar-refractivity contribution in [2.24, 2.45) is 5.92 Å². The largest absolute Gasteiger partial charge is 0.352 e. The van der Waals surface area contributed by atoms with Gasteiger partial charge in [-0.25, -0.2) is 14.4 Å². The SMILES string of the molecule is CC(C)CNC(=O)c1cnc(-c2cccc(F)c2)nc1. The number of hydrogen-bond acceptors (Lipinski definition) is 3. The van der Waals surface area contributed by atoms with Gasteiger partial charge in [-0.15, -0.1) is 0 Å². The fraction of sp³-hybridized carbons (Fsp3) is 0.267. The second kappa shape index (κ2) is 6.23. The topological polar surface area (TPSA) is 54.9 Å². The third-order valence-electron chi connectivity index (χ3n) is 2.67. The van der Waals surface area contributed by atoms with Gasteiger partial charge in [0.05, 0.1) is 5.56 Å². The van der Waals surface area contributed by atoms with E-state index in [1.807, 2.05) is 13.8 Å². The number of nitrogens with zero attached hydrogens (tertiary/aromatic N) is 2. The Morgan fingerprint density at radius 1 is 1.30 bits per heavy atom. The molecule has 104 valence electrons. The molecule has 20 heavy (non-hydrogen) atoms. The van der Waals surface area contributed by atoms with E-state index in [4.69, 9.17) is 0 Å². The lowest BCUT2D eigenvalue weighted by Gasteiger charge is -2.07. The summed E-state index contributed by atoms with van der Waals surface area (Å²) in [4.78, 5) is 20.0. The van der Waals surface area contributed by atoms with Gasteiger partial charge in [-0.3, -0.25) is 4.79 Å². The van der Waals surface area contributed by atoms with Crippen molar-refractivity contribution in [2.75, 3.05) is 6.54 Å². The number of carbonyl (C=O) groups is 1. The van der Waals surface area contributed by atoms with Crippen molar-refractivity contribution in [1.82, 2.24) is 15.3 Å². The molecular formula is C15H16FN3O. The molecule has 2 aromatic rings. The maximum atomic E-state index is 13.1. The highest BCUT2D eigenvalue weighted by Gasteiger charge is 2.08. The van der Waals surface area contributed by atoms with Crippen LogP contribution in [0.2, 0.25) is 0 Å². The number of rotatable bonds is 4. The Bertz CT molecular complexity index is 596. The fourth-order valence-electron chi connectivity index (χ4n) is 1.62. The predicted octanol–water partition coefficient (Wildman–Crippen LogP) is 2.67. The summed E-state index contributed by atoms with van der Waals surface area (Å²) in [6, 6.07) is 6.03. The van der Waals surface area contributed by atoms with Crippen molar-refractivity contribution < 1.29 is 9.18 Å². The standard InChI is InChI=1S/C15H16FN3O/c1-10(2)7-19-15(20)12-8-17-14(18-9-12)11-4-3-5-13(16)6-11/h3-6,8-10H,7H2,1-2H3,(H,19,20).